The van der Waals surface area contributed by atoms with E-state index in [2.05, 4.69) is 34.1 Å². The van der Waals surface area contributed by atoms with Gasteiger partial charge in [-0.15, -0.1) is 0 Å². The number of benzene rings is 3. The molecule has 0 spiro atoms. The maximum absolute atomic E-state index is 6.49. The molecule has 0 radical (unpaired) electrons. The first-order chi connectivity index (χ1) is 12.6. The van der Waals surface area contributed by atoms with Crippen molar-refractivity contribution in [3.63, 3.8) is 0 Å². The Morgan fingerprint density at radius 2 is 1.69 bits per heavy atom. The van der Waals surface area contributed by atoms with Crippen molar-refractivity contribution in [3.05, 3.63) is 98.4 Å². The Balaban J connectivity index is 1.78. The van der Waals surface area contributed by atoms with Gasteiger partial charge in [0.15, 0.2) is 0 Å². The van der Waals surface area contributed by atoms with Crippen LogP contribution in [0, 0.1) is 0 Å². The SMILES string of the molecule is Clc1cccc(N2N=C(c3ccc(Br)cc3)C[C@H]2c2ccccc2Cl)c1. The Bertz CT molecular complexity index is 970. The lowest BCUT2D eigenvalue weighted by Gasteiger charge is -2.24. The molecule has 1 heterocycles. The maximum Gasteiger partial charge on any atom is 0.0846 e. The summed E-state index contributed by atoms with van der Waals surface area (Å²) in [5.74, 6) is 0. The Morgan fingerprint density at radius 1 is 0.923 bits per heavy atom. The number of hydrogen-bond donors (Lipinski definition) is 0. The van der Waals surface area contributed by atoms with Crippen LogP contribution in [0.15, 0.2) is 82.4 Å². The van der Waals surface area contributed by atoms with Gasteiger partial charge in [0.1, 0.15) is 0 Å². The molecule has 2 nitrogen and oxygen atoms in total. The second kappa shape index (κ2) is 7.43. The van der Waals surface area contributed by atoms with Crippen LogP contribution in [0.1, 0.15) is 23.6 Å². The van der Waals surface area contributed by atoms with Gasteiger partial charge in [-0.3, -0.25) is 5.01 Å². The fourth-order valence-corrected chi connectivity index (χ4v) is 3.88. The normalized spacial score (nSPS) is 16.7. The summed E-state index contributed by atoms with van der Waals surface area (Å²) in [6.07, 6.45) is 0.776. The lowest BCUT2D eigenvalue weighted by Crippen LogP contribution is -2.18. The topological polar surface area (TPSA) is 15.6 Å². The van der Waals surface area contributed by atoms with E-state index in [1.54, 1.807) is 0 Å². The van der Waals surface area contributed by atoms with Crippen molar-refractivity contribution in [2.24, 2.45) is 5.10 Å². The van der Waals surface area contributed by atoms with Gasteiger partial charge in [-0.05, 0) is 47.5 Å². The summed E-state index contributed by atoms with van der Waals surface area (Å²) >= 11 is 16.2. The minimum absolute atomic E-state index is 0.0285. The van der Waals surface area contributed by atoms with E-state index >= 15 is 0 Å². The Morgan fingerprint density at radius 3 is 2.42 bits per heavy atom. The molecule has 1 aliphatic rings. The Kier molecular flexibility index (Phi) is 5.03. The third-order valence-electron chi connectivity index (χ3n) is 4.42. The van der Waals surface area contributed by atoms with Gasteiger partial charge in [-0.2, -0.15) is 5.10 Å². The average Bonchev–Trinajstić information content (AvgIpc) is 3.08. The second-order valence-corrected chi connectivity index (χ2v) is 7.88. The summed E-state index contributed by atoms with van der Waals surface area (Å²) in [6, 6.07) is 23.9. The van der Waals surface area contributed by atoms with Crippen LogP contribution in [-0.4, -0.2) is 5.71 Å². The molecule has 0 saturated heterocycles. The van der Waals surface area contributed by atoms with E-state index in [0.717, 1.165) is 38.4 Å². The summed E-state index contributed by atoms with van der Waals surface area (Å²) in [5, 5.41) is 8.37. The quantitative estimate of drug-likeness (QED) is 0.419. The molecule has 0 bridgehead atoms. The van der Waals surface area contributed by atoms with E-state index in [-0.39, 0.29) is 6.04 Å². The van der Waals surface area contributed by atoms with Crippen LogP contribution in [-0.2, 0) is 0 Å². The number of halogens is 3. The van der Waals surface area contributed by atoms with Gasteiger partial charge in [-0.1, -0.05) is 75.5 Å². The molecular weight excluding hydrogens is 431 g/mol. The van der Waals surface area contributed by atoms with Crippen LogP contribution in [0.3, 0.4) is 0 Å². The summed E-state index contributed by atoms with van der Waals surface area (Å²) in [4.78, 5) is 0. The van der Waals surface area contributed by atoms with Gasteiger partial charge in [0.2, 0.25) is 0 Å². The van der Waals surface area contributed by atoms with Crippen molar-refractivity contribution in [2.75, 3.05) is 5.01 Å². The molecule has 1 aliphatic heterocycles. The zero-order chi connectivity index (χ0) is 18.1. The smallest absolute Gasteiger partial charge is 0.0846 e. The van der Waals surface area contributed by atoms with Crippen molar-refractivity contribution < 1.29 is 0 Å². The zero-order valence-electron chi connectivity index (χ0n) is 13.7. The van der Waals surface area contributed by atoms with Crippen LogP contribution in [0.5, 0.6) is 0 Å². The maximum atomic E-state index is 6.49. The van der Waals surface area contributed by atoms with Crippen LogP contribution in [0.25, 0.3) is 0 Å². The largest absolute Gasteiger partial charge is 0.257 e. The summed E-state index contributed by atoms with van der Waals surface area (Å²) < 4.78 is 1.05. The van der Waals surface area contributed by atoms with Crippen molar-refractivity contribution in [1.29, 1.82) is 0 Å². The molecule has 4 rings (SSSR count). The van der Waals surface area contributed by atoms with Crippen LogP contribution >= 0.6 is 39.1 Å². The van der Waals surface area contributed by atoms with Crippen molar-refractivity contribution >= 4 is 50.5 Å². The lowest BCUT2D eigenvalue weighted by atomic mass is 9.98. The minimum Gasteiger partial charge on any atom is -0.257 e. The van der Waals surface area contributed by atoms with Gasteiger partial charge >= 0.3 is 0 Å². The molecule has 3 aromatic carbocycles. The lowest BCUT2D eigenvalue weighted by molar-refractivity contribution is 0.709. The Labute approximate surface area is 171 Å². The molecule has 130 valence electrons. The molecule has 3 aromatic rings. The fraction of sp³-hybridized carbons (Fsp3) is 0.0952. The molecule has 0 aliphatic carbocycles. The molecule has 0 amide bonds. The molecule has 0 fully saturated rings. The van der Waals surface area contributed by atoms with Crippen molar-refractivity contribution in [3.8, 4) is 0 Å². The number of rotatable bonds is 3. The number of hydrazone groups is 1. The molecule has 0 unspecified atom stereocenters. The van der Waals surface area contributed by atoms with Gasteiger partial charge in [0.05, 0.1) is 17.4 Å². The summed E-state index contributed by atoms with van der Waals surface area (Å²) in [5.41, 5.74) is 4.15. The van der Waals surface area contributed by atoms with Crippen LogP contribution < -0.4 is 5.01 Å². The number of nitrogens with zero attached hydrogens (tertiary/aromatic N) is 2. The molecular formula is C21H15BrCl2N2. The first-order valence-corrected chi connectivity index (χ1v) is 9.79. The predicted molar refractivity (Wildman–Crippen MR) is 113 cm³/mol. The van der Waals surface area contributed by atoms with Gasteiger partial charge in [0, 0.05) is 20.9 Å². The van der Waals surface area contributed by atoms with E-state index in [0.29, 0.717) is 5.02 Å². The van der Waals surface area contributed by atoms with Gasteiger partial charge in [0.25, 0.3) is 0 Å². The zero-order valence-corrected chi connectivity index (χ0v) is 16.8. The average molecular weight is 446 g/mol. The first kappa shape index (κ1) is 17.6. The van der Waals surface area contributed by atoms with E-state index in [9.17, 15) is 0 Å². The molecule has 1 atom stereocenters. The van der Waals surface area contributed by atoms with Crippen LogP contribution in [0.4, 0.5) is 5.69 Å². The fourth-order valence-electron chi connectivity index (χ4n) is 3.17. The van der Waals surface area contributed by atoms with Gasteiger partial charge in [-0.25, -0.2) is 0 Å². The van der Waals surface area contributed by atoms with Crippen molar-refractivity contribution in [1.82, 2.24) is 0 Å². The summed E-state index contributed by atoms with van der Waals surface area (Å²) in [6.45, 7) is 0. The Hall–Kier alpha value is -1.81. The second-order valence-electron chi connectivity index (χ2n) is 6.12. The highest BCUT2D eigenvalue weighted by molar-refractivity contribution is 9.10. The standard InChI is InChI=1S/C21H15BrCl2N2/c22-15-10-8-14(9-11-15)20-13-21(18-6-1-2-7-19(18)24)26(25-20)17-5-3-4-16(23)12-17/h1-12,21H,13H2/t21-/m0/s1. The molecule has 26 heavy (non-hydrogen) atoms. The number of anilines is 1. The molecule has 0 aromatic heterocycles. The summed E-state index contributed by atoms with van der Waals surface area (Å²) in [7, 11) is 0. The molecule has 0 saturated carbocycles. The molecule has 5 heteroatoms. The highest BCUT2D eigenvalue weighted by Gasteiger charge is 2.31. The first-order valence-electron chi connectivity index (χ1n) is 8.24. The van der Waals surface area contributed by atoms with E-state index < -0.39 is 0 Å². The van der Waals surface area contributed by atoms with E-state index in [4.69, 9.17) is 28.3 Å². The number of hydrogen-bond acceptors (Lipinski definition) is 2. The van der Waals surface area contributed by atoms with E-state index in [1.807, 2.05) is 59.6 Å². The van der Waals surface area contributed by atoms with Crippen molar-refractivity contribution in [2.45, 2.75) is 12.5 Å². The third kappa shape index (κ3) is 3.52. The van der Waals surface area contributed by atoms with E-state index in [1.165, 1.54) is 0 Å². The minimum atomic E-state index is 0.0285. The predicted octanol–water partition coefficient (Wildman–Crippen LogP) is 7.11. The molecule has 0 N–H and O–H groups in total. The third-order valence-corrected chi connectivity index (χ3v) is 5.53. The van der Waals surface area contributed by atoms with Crippen LogP contribution in [0.2, 0.25) is 10.0 Å². The highest BCUT2D eigenvalue weighted by atomic mass is 79.9. The van der Waals surface area contributed by atoms with Gasteiger partial charge < -0.3 is 0 Å². The monoisotopic (exact) mass is 444 g/mol. The highest BCUT2D eigenvalue weighted by Crippen LogP contribution is 2.39.